The van der Waals surface area contributed by atoms with Crippen molar-refractivity contribution in [3.8, 4) is 17.2 Å². The van der Waals surface area contributed by atoms with E-state index >= 15 is 0 Å². The van der Waals surface area contributed by atoms with E-state index in [4.69, 9.17) is 18.9 Å². The molecule has 0 radical (unpaired) electrons. The lowest BCUT2D eigenvalue weighted by molar-refractivity contribution is -0.151. The van der Waals surface area contributed by atoms with Crippen molar-refractivity contribution in [2.75, 3.05) is 26.9 Å². The maximum atomic E-state index is 12.9. The van der Waals surface area contributed by atoms with Crippen molar-refractivity contribution in [2.24, 2.45) is 0 Å². The fraction of sp³-hybridized carbons (Fsp3) is 0.220. The van der Waals surface area contributed by atoms with Gasteiger partial charge >= 0.3 is 23.9 Å². The second kappa shape index (κ2) is 18.1. The van der Waals surface area contributed by atoms with Crippen LogP contribution >= 0.6 is 0 Å². The fourth-order valence-corrected chi connectivity index (χ4v) is 5.24. The maximum absolute atomic E-state index is 12.9. The van der Waals surface area contributed by atoms with Crippen LogP contribution < -0.4 is 14.2 Å². The first-order chi connectivity index (χ1) is 25.6. The third-order valence-electron chi connectivity index (χ3n) is 8.12. The molecule has 4 aromatic rings. The molecule has 5 rings (SSSR count). The first-order valence-corrected chi connectivity index (χ1v) is 16.9. The Bertz CT molecular complexity index is 2060. The summed E-state index contributed by atoms with van der Waals surface area (Å²) >= 11 is 0. The number of hydrogen-bond acceptors (Lipinski definition) is 11. The fourth-order valence-electron chi connectivity index (χ4n) is 5.24. The van der Waals surface area contributed by atoms with Gasteiger partial charge in [-0.25, -0.2) is 14.4 Å². The zero-order valence-corrected chi connectivity index (χ0v) is 29.2. The Morgan fingerprint density at radius 1 is 0.679 bits per heavy atom. The van der Waals surface area contributed by atoms with Crippen molar-refractivity contribution in [1.82, 2.24) is 4.90 Å². The van der Waals surface area contributed by atoms with Crippen LogP contribution in [0.25, 0.3) is 16.8 Å². The number of unbranched alkanes of at least 4 members (excludes halogenated alkanes) is 3. The number of nitrogens with zero attached hydrogens (tertiary/aromatic N) is 1. The van der Waals surface area contributed by atoms with Gasteiger partial charge in [0.15, 0.2) is 0 Å². The summed E-state index contributed by atoms with van der Waals surface area (Å²) in [6.07, 6.45) is 8.29. The SMILES string of the molecule is COC(=O)/C=C/c1ccc(OC(=O)c2ccc(OC(=O)c3ccc4cc(OCCCCCCOC(=O)CN5C(=O)C=CC5=O)ccc4c3)cc2)c(C)c1. The summed E-state index contributed by atoms with van der Waals surface area (Å²) < 4.78 is 26.7. The molecule has 4 aromatic carbocycles. The van der Waals surface area contributed by atoms with Gasteiger partial charge in [-0.05, 0) is 121 Å². The summed E-state index contributed by atoms with van der Waals surface area (Å²) in [7, 11) is 1.30. The molecule has 0 unspecified atom stereocenters. The molecule has 1 aliphatic rings. The lowest BCUT2D eigenvalue weighted by Gasteiger charge is -2.12. The number of methoxy groups -OCH3 is 1. The summed E-state index contributed by atoms with van der Waals surface area (Å²) in [5.41, 5.74) is 2.07. The van der Waals surface area contributed by atoms with Crippen molar-refractivity contribution >= 4 is 52.5 Å². The van der Waals surface area contributed by atoms with E-state index < -0.39 is 35.7 Å². The van der Waals surface area contributed by atoms with Gasteiger partial charge in [-0.1, -0.05) is 18.2 Å². The average molecular weight is 720 g/mol. The molecule has 53 heavy (non-hydrogen) atoms. The number of amides is 2. The number of carbonyl (C=O) groups excluding carboxylic acids is 6. The number of hydrogen-bond donors (Lipinski definition) is 0. The van der Waals surface area contributed by atoms with E-state index in [0.29, 0.717) is 35.7 Å². The number of rotatable bonds is 16. The van der Waals surface area contributed by atoms with Crippen molar-refractivity contribution < 1.29 is 52.5 Å². The van der Waals surface area contributed by atoms with Gasteiger partial charge in [0.2, 0.25) is 0 Å². The van der Waals surface area contributed by atoms with Gasteiger partial charge in [0.25, 0.3) is 11.8 Å². The van der Waals surface area contributed by atoms with E-state index in [1.54, 1.807) is 43.3 Å². The zero-order chi connectivity index (χ0) is 37.7. The number of esters is 4. The summed E-state index contributed by atoms with van der Waals surface area (Å²) in [6.45, 7) is 2.12. The Balaban J connectivity index is 1.02. The highest BCUT2D eigenvalue weighted by molar-refractivity contribution is 6.14. The maximum Gasteiger partial charge on any atom is 0.343 e. The van der Waals surface area contributed by atoms with Crippen LogP contribution in [0.1, 0.15) is 57.5 Å². The van der Waals surface area contributed by atoms with Crippen LogP contribution in [0.15, 0.2) is 97.1 Å². The van der Waals surface area contributed by atoms with Crippen molar-refractivity contribution in [3.63, 3.8) is 0 Å². The molecule has 1 aliphatic heterocycles. The number of aryl methyl sites for hydroxylation is 1. The zero-order valence-electron chi connectivity index (χ0n) is 29.2. The number of carbonyl (C=O) groups is 6. The number of fused-ring (bicyclic) bond motifs is 1. The standard InChI is InChI=1S/C41H37NO11/c1-27-23-28(8-20-38(45)49-2)7-17-35(27)53-40(47)29-11-14-33(15-12-29)52-41(48)32-10-9-31-25-34(16-13-30(31)24-32)50-21-5-3-4-6-22-51-39(46)26-42-36(43)18-19-37(42)44/h7-20,23-25H,3-6,21-22,26H2,1-2H3/b20-8+. The molecule has 0 atom stereocenters. The quantitative estimate of drug-likeness (QED) is 0.0429. The molecule has 0 saturated heterocycles. The lowest BCUT2D eigenvalue weighted by Crippen LogP contribution is -2.35. The predicted molar refractivity (Wildman–Crippen MR) is 193 cm³/mol. The molecule has 0 spiro atoms. The molecular formula is C41H37NO11. The van der Waals surface area contributed by atoms with Crippen LogP contribution in [0.5, 0.6) is 17.2 Å². The van der Waals surface area contributed by atoms with Gasteiger partial charge in [-0.15, -0.1) is 0 Å². The highest BCUT2D eigenvalue weighted by Gasteiger charge is 2.26. The van der Waals surface area contributed by atoms with Gasteiger partial charge in [-0.2, -0.15) is 0 Å². The Morgan fingerprint density at radius 2 is 1.32 bits per heavy atom. The highest BCUT2D eigenvalue weighted by atomic mass is 16.5. The van der Waals surface area contributed by atoms with Crippen molar-refractivity contribution in [3.05, 3.63) is 119 Å². The Labute approximate surface area is 305 Å². The van der Waals surface area contributed by atoms with Crippen LogP contribution in [0, 0.1) is 6.92 Å². The minimum atomic E-state index is -0.616. The predicted octanol–water partition coefficient (Wildman–Crippen LogP) is 6.18. The monoisotopic (exact) mass is 719 g/mol. The molecule has 0 saturated carbocycles. The minimum Gasteiger partial charge on any atom is -0.494 e. The third kappa shape index (κ3) is 10.7. The molecule has 272 valence electrons. The largest absolute Gasteiger partial charge is 0.494 e. The van der Waals surface area contributed by atoms with Gasteiger partial charge in [0.1, 0.15) is 23.8 Å². The lowest BCUT2D eigenvalue weighted by atomic mass is 10.1. The van der Waals surface area contributed by atoms with E-state index in [9.17, 15) is 28.8 Å². The molecule has 2 amide bonds. The topological polar surface area (TPSA) is 152 Å². The van der Waals surface area contributed by atoms with Crippen LogP contribution in [0.4, 0.5) is 0 Å². The van der Waals surface area contributed by atoms with Crippen molar-refractivity contribution in [1.29, 1.82) is 0 Å². The molecule has 1 heterocycles. The average Bonchev–Trinajstić information content (AvgIpc) is 3.47. The number of imide groups is 1. The second-order valence-electron chi connectivity index (χ2n) is 12.0. The van der Waals surface area contributed by atoms with Crippen LogP contribution in [-0.2, 0) is 28.7 Å². The smallest absolute Gasteiger partial charge is 0.343 e. The summed E-state index contributed by atoms with van der Waals surface area (Å²) in [5.74, 6) is -1.92. The van der Waals surface area contributed by atoms with Gasteiger partial charge in [0, 0.05) is 18.2 Å². The molecule has 0 N–H and O–H groups in total. The van der Waals surface area contributed by atoms with E-state index in [-0.39, 0.29) is 24.5 Å². The molecule has 12 heteroatoms. The third-order valence-corrected chi connectivity index (χ3v) is 8.12. The number of benzene rings is 4. The van der Waals surface area contributed by atoms with E-state index in [1.807, 2.05) is 24.3 Å². The van der Waals surface area contributed by atoms with Crippen molar-refractivity contribution in [2.45, 2.75) is 32.6 Å². The van der Waals surface area contributed by atoms with Gasteiger partial charge in [0.05, 0.1) is 31.5 Å². The van der Waals surface area contributed by atoms with E-state index in [1.165, 1.54) is 37.5 Å². The summed E-state index contributed by atoms with van der Waals surface area (Å²) in [5, 5.41) is 1.72. The second-order valence-corrected chi connectivity index (χ2v) is 12.0. The normalized spacial score (nSPS) is 12.3. The van der Waals surface area contributed by atoms with Gasteiger partial charge in [-0.3, -0.25) is 19.3 Å². The first kappa shape index (κ1) is 37.7. The molecule has 0 fully saturated rings. The van der Waals surface area contributed by atoms with Crippen LogP contribution in [0.3, 0.4) is 0 Å². The molecular weight excluding hydrogens is 682 g/mol. The van der Waals surface area contributed by atoms with E-state index in [2.05, 4.69) is 4.74 Å². The number of ether oxygens (including phenoxy) is 5. The Kier molecular flexibility index (Phi) is 12.9. The minimum absolute atomic E-state index is 0.213. The molecule has 0 aliphatic carbocycles. The van der Waals surface area contributed by atoms with Gasteiger partial charge < -0.3 is 23.7 Å². The van der Waals surface area contributed by atoms with Crippen LogP contribution in [-0.4, -0.2) is 67.5 Å². The Hall–Kier alpha value is -6.56. The highest BCUT2D eigenvalue weighted by Crippen LogP contribution is 2.25. The summed E-state index contributed by atoms with van der Waals surface area (Å²) in [4.78, 5) is 72.7. The molecule has 0 aromatic heterocycles. The molecule has 0 bridgehead atoms. The molecule has 12 nitrogen and oxygen atoms in total. The van der Waals surface area contributed by atoms with Crippen LogP contribution in [0.2, 0.25) is 0 Å². The summed E-state index contributed by atoms with van der Waals surface area (Å²) in [6, 6.07) is 22.0. The first-order valence-electron chi connectivity index (χ1n) is 16.9. The Morgan fingerprint density at radius 3 is 2.04 bits per heavy atom. The van der Waals surface area contributed by atoms with E-state index in [0.717, 1.165) is 52.7 Å².